The third kappa shape index (κ3) is 3.54. The zero-order chi connectivity index (χ0) is 18.8. The standard InChI is InChI=1S/C20H17N3O3S/c1-13-6-2-3-7-14(13)15-12-27-19(21-15)22-18(24)10-11-23-16-8-4-5-9-17(16)26-20(23)25/h2-9,12H,10-11H2,1H3,(H,21,22,24). The van der Waals surface area contributed by atoms with Gasteiger partial charge in [-0.3, -0.25) is 9.36 Å². The number of aryl methyl sites for hydroxylation is 2. The Kier molecular flexibility index (Phi) is 4.60. The topological polar surface area (TPSA) is 77.1 Å². The Morgan fingerprint density at radius 1 is 1.19 bits per heavy atom. The number of oxazole rings is 1. The number of thiazole rings is 1. The number of fused-ring (bicyclic) bond motifs is 1. The van der Waals surface area contributed by atoms with Gasteiger partial charge in [-0.2, -0.15) is 0 Å². The van der Waals surface area contributed by atoms with Gasteiger partial charge in [0.25, 0.3) is 0 Å². The van der Waals surface area contributed by atoms with Gasteiger partial charge in [-0.1, -0.05) is 36.4 Å². The van der Waals surface area contributed by atoms with Gasteiger partial charge in [-0.05, 0) is 24.6 Å². The number of hydrogen-bond donors (Lipinski definition) is 1. The number of benzene rings is 2. The van der Waals surface area contributed by atoms with E-state index in [-0.39, 0.29) is 18.9 Å². The average Bonchev–Trinajstić information content (AvgIpc) is 3.24. The van der Waals surface area contributed by atoms with Gasteiger partial charge in [0, 0.05) is 23.9 Å². The molecule has 4 aromatic rings. The molecule has 0 spiro atoms. The number of amides is 1. The molecule has 0 aliphatic rings. The van der Waals surface area contributed by atoms with E-state index in [4.69, 9.17) is 4.42 Å². The summed E-state index contributed by atoms with van der Waals surface area (Å²) in [5, 5.41) is 5.27. The monoisotopic (exact) mass is 379 g/mol. The molecular formula is C20H17N3O3S. The molecule has 1 N–H and O–H groups in total. The molecule has 2 aromatic carbocycles. The van der Waals surface area contributed by atoms with Crippen molar-refractivity contribution < 1.29 is 9.21 Å². The minimum atomic E-state index is -0.458. The van der Waals surface area contributed by atoms with Crippen LogP contribution < -0.4 is 11.1 Å². The number of para-hydroxylation sites is 2. The van der Waals surface area contributed by atoms with Gasteiger partial charge in [0.15, 0.2) is 10.7 Å². The summed E-state index contributed by atoms with van der Waals surface area (Å²) in [6, 6.07) is 15.1. The lowest BCUT2D eigenvalue weighted by Crippen LogP contribution is -2.19. The van der Waals surface area contributed by atoms with Gasteiger partial charge in [0.1, 0.15) is 0 Å². The third-order valence-corrected chi connectivity index (χ3v) is 5.07. The van der Waals surface area contributed by atoms with Crippen molar-refractivity contribution in [3.63, 3.8) is 0 Å². The Morgan fingerprint density at radius 2 is 1.96 bits per heavy atom. The van der Waals surface area contributed by atoms with Crippen molar-refractivity contribution in [3.05, 3.63) is 70.0 Å². The lowest BCUT2D eigenvalue weighted by molar-refractivity contribution is -0.116. The third-order valence-electron chi connectivity index (χ3n) is 4.31. The number of hydrogen-bond acceptors (Lipinski definition) is 5. The van der Waals surface area contributed by atoms with E-state index >= 15 is 0 Å². The van der Waals surface area contributed by atoms with E-state index < -0.39 is 5.76 Å². The molecule has 0 atom stereocenters. The summed E-state index contributed by atoms with van der Waals surface area (Å²) < 4.78 is 6.65. The number of nitrogens with one attached hydrogen (secondary N) is 1. The van der Waals surface area contributed by atoms with Crippen LogP contribution in [0, 0.1) is 6.92 Å². The van der Waals surface area contributed by atoms with Crippen molar-refractivity contribution in [1.29, 1.82) is 0 Å². The number of carbonyl (C=O) groups excluding carboxylic acids is 1. The molecule has 2 heterocycles. The van der Waals surface area contributed by atoms with Crippen LogP contribution in [0.4, 0.5) is 5.13 Å². The molecule has 0 bridgehead atoms. The fraction of sp³-hybridized carbons (Fsp3) is 0.150. The Labute approximate surface area is 159 Å². The van der Waals surface area contributed by atoms with Crippen molar-refractivity contribution in [1.82, 2.24) is 9.55 Å². The van der Waals surface area contributed by atoms with Crippen LogP contribution in [-0.4, -0.2) is 15.5 Å². The van der Waals surface area contributed by atoms with Gasteiger partial charge in [0.05, 0.1) is 11.2 Å². The van der Waals surface area contributed by atoms with Crippen molar-refractivity contribution in [2.24, 2.45) is 0 Å². The van der Waals surface area contributed by atoms with Gasteiger partial charge in [0.2, 0.25) is 5.91 Å². The molecule has 4 rings (SSSR count). The molecule has 0 saturated heterocycles. The molecule has 0 unspecified atom stereocenters. The predicted octanol–water partition coefficient (Wildman–Crippen LogP) is 4.06. The first-order valence-electron chi connectivity index (χ1n) is 8.51. The summed E-state index contributed by atoms with van der Waals surface area (Å²) in [6.07, 6.45) is 0.155. The molecule has 0 aliphatic carbocycles. The summed E-state index contributed by atoms with van der Waals surface area (Å²) in [4.78, 5) is 28.7. The molecule has 0 radical (unpaired) electrons. The number of carbonyl (C=O) groups is 1. The molecule has 136 valence electrons. The minimum Gasteiger partial charge on any atom is -0.408 e. The normalized spacial score (nSPS) is 11.0. The Balaban J connectivity index is 1.44. The lowest BCUT2D eigenvalue weighted by Gasteiger charge is -2.03. The maximum atomic E-state index is 12.3. The second-order valence-electron chi connectivity index (χ2n) is 6.14. The number of aromatic nitrogens is 2. The Hall–Kier alpha value is -3.19. The van der Waals surface area contributed by atoms with Crippen LogP contribution in [0.2, 0.25) is 0 Å². The van der Waals surface area contributed by atoms with Gasteiger partial charge < -0.3 is 9.73 Å². The van der Waals surface area contributed by atoms with Gasteiger partial charge in [-0.15, -0.1) is 11.3 Å². The van der Waals surface area contributed by atoms with Gasteiger partial charge >= 0.3 is 5.76 Å². The van der Waals surface area contributed by atoms with Crippen LogP contribution in [0.3, 0.4) is 0 Å². The van der Waals surface area contributed by atoms with Crippen molar-refractivity contribution in [2.75, 3.05) is 5.32 Å². The van der Waals surface area contributed by atoms with Crippen LogP contribution in [0.25, 0.3) is 22.4 Å². The molecule has 7 heteroatoms. The average molecular weight is 379 g/mol. The molecule has 0 saturated carbocycles. The fourth-order valence-electron chi connectivity index (χ4n) is 2.94. The molecule has 0 fully saturated rings. The van der Waals surface area contributed by atoms with Gasteiger partial charge in [-0.25, -0.2) is 9.78 Å². The van der Waals surface area contributed by atoms with E-state index in [2.05, 4.69) is 10.3 Å². The zero-order valence-corrected chi connectivity index (χ0v) is 15.5. The number of anilines is 1. The number of nitrogens with zero attached hydrogens (tertiary/aromatic N) is 2. The Bertz CT molecular complexity index is 1170. The minimum absolute atomic E-state index is 0.155. The largest absolute Gasteiger partial charge is 0.419 e. The second-order valence-corrected chi connectivity index (χ2v) is 7.00. The molecule has 1 amide bonds. The first kappa shape index (κ1) is 17.2. The van der Waals surface area contributed by atoms with Crippen LogP contribution in [0.1, 0.15) is 12.0 Å². The molecule has 0 aliphatic heterocycles. The van der Waals surface area contributed by atoms with Crippen LogP contribution >= 0.6 is 11.3 Å². The van der Waals surface area contributed by atoms with E-state index in [1.807, 2.05) is 42.6 Å². The SMILES string of the molecule is Cc1ccccc1-c1csc(NC(=O)CCn2c(=O)oc3ccccc32)n1. The van der Waals surface area contributed by atoms with E-state index in [0.29, 0.717) is 16.2 Å². The van der Waals surface area contributed by atoms with Crippen LogP contribution in [0.15, 0.2) is 63.1 Å². The first-order chi connectivity index (χ1) is 13.1. The van der Waals surface area contributed by atoms with Crippen LogP contribution in [0.5, 0.6) is 0 Å². The molecule has 2 aromatic heterocycles. The quantitative estimate of drug-likeness (QED) is 0.567. The highest BCUT2D eigenvalue weighted by molar-refractivity contribution is 7.14. The highest BCUT2D eigenvalue weighted by atomic mass is 32.1. The first-order valence-corrected chi connectivity index (χ1v) is 9.39. The molecular weight excluding hydrogens is 362 g/mol. The maximum Gasteiger partial charge on any atom is 0.419 e. The summed E-state index contributed by atoms with van der Waals surface area (Å²) in [7, 11) is 0. The molecule has 6 nitrogen and oxygen atoms in total. The summed E-state index contributed by atoms with van der Waals surface area (Å²) in [5.41, 5.74) is 4.22. The zero-order valence-electron chi connectivity index (χ0n) is 14.6. The van der Waals surface area contributed by atoms with Crippen LogP contribution in [-0.2, 0) is 11.3 Å². The second kappa shape index (κ2) is 7.20. The summed E-state index contributed by atoms with van der Waals surface area (Å²) in [6.45, 7) is 2.28. The van der Waals surface area contributed by atoms with E-state index in [0.717, 1.165) is 16.8 Å². The summed E-state index contributed by atoms with van der Waals surface area (Å²) in [5.74, 6) is -0.655. The molecule has 27 heavy (non-hydrogen) atoms. The van der Waals surface area contributed by atoms with E-state index in [1.165, 1.54) is 15.9 Å². The predicted molar refractivity (Wildman–Crippen MR) is 106 cm³/mol. The van der Waals surface area contributed by atoms with Crippen molar-refractivity contribution in [3.8, 4) is 11.3 Å². The van der Waals surface area contributed by atoms with E-state index in [1.54, 1.807) is 18.2 Å². The van der Waals surface area contributed by atoms with E-state index in [9.17, 15) is 9.59 Å². The lowest BCUT2D eigenvalue weighted by atomic mass is 10.1. The maximum absolute atomic E-state index is 12.3. The highest BCUT2D eigenvalue weighted by Crippen LogP contribution is 2.27. The Morgan fingerprint density at radius 3 is 2.81 bits per heavy atom. The highest BCUT2D eigenvalue weighted by Gasteiger charge is 2.12. The van der Waals surface area contributed by atoms with Crippen molar-refractivity contribution in [2.45, 2.75) is 19.9 Å². The summed E-state index contributed by atoms with van der Waals surface area (Å²) >= 11 is 1.38. The number of rotatable bonds is 5. The van der Waals surface area contributed by atoms with Crippen molar-refractivity contribution >= 4 is 33.5 Å². The fourth-order valence-corrected chi connectivity index (χ4v) is 3.66. The smallest absolute Gasteiger partial charge is 0.408 e.